The first-order chi connectivity index (χ1) is 14.4. The van der Waals surface area contributed by atoms with Crippen LogP contribution in [0.2, 0.25) is 5.02 Å². The van der Waals surface area contributed by atoms with Gasteiger partial charge in [0.25, 0.3) is 5.91 Å². The van der Waals surface area contributed by atoms with Gasteiger partial charge in [0.2, 0.25) is 0 Å². The highest BCUT2D eigenvalue weighted by Crippen LogP contribution is 2.37. The van der Waals surface area contributed by atoms with E-state index >= 15 is 0 Å². The Hall–Kier alpha value is -2.17. The average Bonchev–Trinajstić information content (AvgIpc) is 3.12. The normalized spacial score (nSPS) is 11.2. The highest BCUT2D eigenvalue weighted by molar-refractivity contribution is 14.2. The number of carbonyl (C=O) groups excluding carboxylic acids is 1. The lowest BCUT2D eigenvalue weighted by molar-refractivity contribution is 0.0810. The Morgan fingerprint density at radius 1 is 1.37 bits per heavy atom. The highest BCUT2D eigenvalue weighted by atomic mass is 127. The molecule has 0 spiro atoms. The van der Waals surface area contributed by atoms with Crippen LogP contribution < -0.4 is 0 Å². The maximum absolute atomic E-state index is 14.8. The summed E-state index contributed by atoms with van der Waals surface area (Å²) >= 11 is 8.43. The smallest absolute Gasteiger partial charge is 0.255 e. The van der Waals surface area contributed by atoms with E-state index in [0.29, 0.717) is 33.7 Å². The molecular weight excluding hydrogens is 538 g/mol. The minimum Gasteiger partial charge on any atom is -0.338 e. The highest BCUT2D eigenvalue weighted by Gasteiger charge is 2.18. The maximum atomic E-state index is 14.8. The second kappa shape index (κ2) is 8.52. The van der Waals surface area contributed by atoms with E-state index in [0.717, 1.165) is 10.9 Å². The Bertz CT molecular complexity index is 1310. The maximum Gasteiger partial charge on any atom is 0.255 e. The Kier molecular flexibility index (Phi) is 5.99. The zero-order valence-corrected chi connectivity index (χ0v) is 19.5. The number of amides is 1. The lowest BCUT2D eigenvalue weighted by Crippen LogP contribution is -2.26. The molecule has 0 aliphatic carbocycles. The Morgan fingerprint density at radius 2 is 2.17 bits per heavy atom. The van der Waals surface area contributed by atoms with Crippen molar-refractivity contribution in [1.29, 1.82) is 0 Å². The van der Waals surface area contributed by atoms with Gasteiger partial charge in [0, 0.05) is 78.8 Å². The standard InChI is InChI=1S/C21H15ClFIN4OS/c1-3-6-27(2)21(29)13-8-14-16(11-28(30-24)20(14)26-10-13)12-7-15-17(22)4-5-25-19(15)18(23)9-12/h3-5,7-11H,1,6H2,2H3. The third-order valence-electron chi connectivity index (χ3n) is 4.74. The number of fused-ring (bicyclic) bond motifs is 2. The van der Waals surface area contributed by atoms with Gasteiger partial charge in [-0.1, -0.05) is 17.7 Å². The van der Waals surface area contributed by atoms with Crippen molar-refractivity contribution in [2.75, 3.05) is 13.6 Å². The Balaban J connectivity index is 1.93. The minimum atomic E-state index is -0.459. The Morgan fingerprint density at radius 3 is 2.90 bits per heavy atom. The first-order valence-corrected chi connectivity index (χ1v) is 12.5. The van der Waals surface area contributed by atoms with Crippen LogP contribution in [0, 0.1) is 5.82 Å². The number of hydrogen-bond donors (Lipinski definition) is 0. The second-order valence-electron chi connectivity index (χ2n) is 6.65. The van der Waals surface area contributed by atoms with Crippen LogP contribution in [-0.4, -0.2) is 38.3 Å². The van der Waals surface area contributed by atoms with Crippen molar-refractivity contribution in [1.82, 2.24) is 18.8 Å². The van der Waals surface area contributed by atoms with E-state index < -0.39 is 5.82 Å². The van der Waals surface area contributed by atoms with Crippen LogP contribution >= 0.6 is 41.9 Å². The van der Waals surface area contributed by atoms with Crippen LogP contribution in [0.25, 0.3) is 33.1 Å². The second-order valence-corrected chi connectivity index (χ2v) is 8.77. The van der Waals surface area contributed by atoms with Crippen molar-refractivity contribution < 1.29 is 9.18 Å². The first kappa shape index (κ1) is 21.1. The molecule has 152 valence electrons. The molecule has 1 amide bonds. The number of carbonyl (C=O) groups is 1. The first-order valence-electron chi connectivity index (χ1n) is 8.85. The van der Waals surface area contributed by atoms with Gasteiger partial charge in [-0.05, 0) is 29.8 Å². The fraction of sp³-hybridized carbons (Fsp3) is 0.0952. The van der Waals surface area contributed by atoms with Gasteiger partial charge >= 0.3 is 0 Å². The molecule has 0 saturated heterocycles. The third kappa shape index (κ3) is 3.67. The molecule has 0 unspecified atom stereocenters. The van der Waals surface area contributed by atoms with Crippen LogP contribution in [0.3, 0.4) is 0 Å². The summed E-state index contributed by atoms with van der Waals surface area (Å²) in [6.07, 6.45) is 6.57. The molecule has 0 aliphatic heterocycles. The van der Waals surface area contributed by atoms with Crippen LogP contribution in [0.5, 0.6) is 0 Å². The van der Waals surface area contributed by atoms with Crippen molar-refractivity contribution in [2.45, 2.75) is 0 Å². The van der Waals surface area contributed by atoms with Gasteiger partial charge in [-0.2, -0.15) is 0 Å². The van der Waals surface area contributed by atoms with E-state index in [9.17, 15) is 9.18 Å². The van der Waals surface area contributed by atoms with Crippen LogP contribution in [0.4, 0.5) is 4.39 Å². The summed E-state index contributed by atoms with van der Waals surface area (Å²) in [6.45, 7) is 4.09. The van der Waals surface area contributed by atoms with Gasteiger partial charge in [-0.25, -0.2) is 9.37 Å². The molecule has 4 aromatic rings. The van der Waals surface area contributed by atoms with Gasteiger partial charge in [0.1, 0.15) is 11.3 Å². The van der Waals surface area contributed by atoms with Crippen LogP contribution in [-0.2, 0) is 0 Å². The molecule has 1 aromatic carbocycles. The van der Waals surface area contributed by atoms with E-state index in [1.54, 1.807) is 36.4 Å². The molecule has 3 aromatic heterocycles. The van der Waals surface area contributed by atoms with Gasteiger partial charge in [-0.3, -0.25) is 13.8 Å². The molecular formula is C21H15ClFIN4OS. The monoisotopic (exact) mass is 552 g/mol. The summed E-state index contributed by atoms with van der Waals surface area (Å²) in [7, 11) is 3.14. The van der Waals surface area contributed by atoms with Gasteiger partial charge in [0.15, 0.2) is 5.65 Å². The number of nitrogens with zero attached hydrogens (tertiary/aromatic N) is 4. The molecule has 30 heavy (non-hydrogen) atoms. The molecule has 5 nitrogen and oxygen atoms in total. The van der Waals surface area contributed by atoms with Crippen molar-refractivity contribution in [3.05, 3.63) is 71.9 Å². The summed E-state index contributed by atoms with van der Waals surface area (Å²) in [5.41, 5.74) is 2.74. The van der Waals surface area contributed by atoms with E-state index in [2.05, 4.69) is 37.8 Å². The van der Waals surface area contributed by atoms with Gasteiger partial charge in [-0.15, -0.1) is 6.58 Å². The summed E-state index contributed by atoms with van der Waals surface area (Å²) in [6, 6.07) is 6.66. The lowest BCUT2D eigenvalue weighted by atomic mass is 10.0. The topological polar surface area (TPSA) is 51.0 Å². The molecule has 4 rings (SSSR count). The summed E-state index contributed by atoms with van der Waals surface area (Å²) < 4.78 is 16.7. The number of pyridine rings is 2. The molecule has 0 N–H and O–H groups in total. The summed E-state index contributed by atoms with van der Waals surface area (Å²) in [5.74, 6) is -0.624. The van der Waals surface area contributed by atoms with Crippen LogP contribution in [0.1, 0.15) is 10.4 Å². The van der Waals surface area contributed by atoms with E-state index in [1.807, 2.05) is 16.2 Å². The zero-order valence-electron chi connectivity index (χ0n) is 15.8. The predicted octanol–water partition coefficient (Wildman–Crippen LogP) is 6.15. The van der Waals surface area contributed by atoms with E-state index in [-0.39, 0.29) is 11.4 Å². The number of hydrogen-bond acceptors (Lipinski definition) is 4. The average molecular weight is 553 g/mol. The van der Waals surface area contributed by atoms with Gasteiger partial charge < -0.3 is 4.90 Å². The fourth-order valence-electron chi connectivity index (χ4n) is 3.31. The van der Waals surface area contributed by atoms with E-state index in [1.165, 1.54) is 21.4 Å². The zero-order chi connectivity index (χ0) is 21.4. The molecule has 0 atom stereocenters. The fourth-order valence-corrected chi connectivity index (χ4v) is 4.77. The molecule has 0 bridgehead atoms. The van der Waals surface area contributed by atoms with Crippen molar-refractivity contribution >= 4 is 69.8 Å². The van der Waals surface area contributed by atoms with Gasteiger partial charge in [0.05, 0.1) is 10.6 Å². The predicted molar refractivity (Wildman–Crippen MR) is 130 cm³/mol. The number of likely N-dealkylation sites (N-methyl/N-ethyl adjacent to an activating group) is 1. The number of benzene rings is 1. The molecule has 3 heterocycles. The summed E-state index contributed by atoms with van der Waals surface area (Å²) in [4.78, 5) is 22.9. The molecule has 0 aliphatic rings. The number of rotatable bonds is 5. The largest absolute Gasteiger partial charge is 0.338 e. The molecule has 0 saturated carbocycles. The number of aromatic nitrogens is 3. The van der Waals surface area contributed by atoms with Crippen molar-refractivity contribution in [3.63, 3.8) is 0 Å². The van der Waals surface area contributed by atoms with E-state index in [4.69, 9.17) is 11.6 Å². The SMILES string of the molecule is C=CCN(C)C(=O)c1cnc2c(c1)c(-c1cc(F)c3nccc(Cl)c3c1)cn2SI. The third-order valence-corrected chi connectivity index (χ3v) is 6.77. The Labute approximate surface area is 193 Å². The minimum absolute atomic E-state index is 0.165. The van der Waals surface area contributed by atoms with Crippen LogP contribution in [0.15, 0.2) is 55.5 Å². The lowest BCUT2D eigenvalue weighted by Gasteiger charge is -2.14. The summed E-state index contributed by atoms with van der Waals surface area (Å²) in [5, 5.41) is 1.70. The van der Waals surface area contributed by atoms with Crippen molar-refractivity contribution in [3.8, 4) is 11.1 Å². The molecule has 0 radical (unpaired) electrons. The quantitative estimate of drug-likeness (QED) is 0.220. The number of halogens is 3. The molecule has 0 fully saturated rings. The molecule has 9 heteroatoms. The van der Waals surface area contributed by atoms with Crippen molar-refractivity contribution in [2.24, 2.45) is 0 Å².